The summed E-state index contributed by atoms with van der Waals surface area (Å²) >= 11 is 0. The molecule has 0 aromatic carbocycles. The summed E-state index contributed by atoms with van der Waals surface area (Å²) in [5.41, 5.74) is 1.88. The third-order valence-corrected chi connectivity index (χ3v) is 5.71. The predicted octanol–water partition coefficient (Wildman–Crippen LogP) is 3.31. The summed E-state index contributed by atoms with van der Waals surface area (Å²) in [7, 11) is 0. The number of aromatic amines is 1. The second kappa shape index (κ2) is 9.68. The van der Waals surface area contributed by atoms with Crippen LogP contribution in [0.3, 0.4) is 0 Å². The maximum absolute atomic E-state index is 14.2. The van der Waals surface area contributed by atoms with E-state index in [0.717, 1.165) is 11.0 Å². The van der Waals surface area contributed by atoms with Gasteiger partial charge in [-0.1, -0.05) is 17.8 Å². The van der Waals surface area contributed by atoms with Gasteiger partial charge in [-0.05, 0) is 36.4 Å². The number of alkyl halides is 2. The first kappa shape index (κ1) is 23.9. The van der Waals surface area contributed by atoms with Gasteiger partial charge >= 0.3 is 0 Å². The van der Waals surface area contributed by atoms with Gasteiger partial charge in [-0.3, -0.25) is 14.7 Å². The molecule has 1 saturated heterocycles. The van der Waals surface area contributed by atoms with E-state index in [9.17, 15) is 18.4 Å². The van der Waals surface area contributed by atoms with Gasteiger partial charge in [0.15, 0.2) is 0 Å². The van der Waals surface area contributed by atoms with Crippen molar-refractivity contribution in [3.63, 3.8) is 0 Å². The molecule has 4 aromatic rings. The maximum Gasteiger partial charge on any atom is 0.275 e. The van der Waals surface area contributed by atoms with Crippen molar-refractivity contribution in [3.05, 3.63) is 73.0 Å². The van der Waals surface area contributed by atoms with Crippen LogP contribution in [0, 0.1) is 0 Å². The molecule has 1 atom stereocenters. The number of halogens is 2. The highest BCUT2D eigenvalue weighted by Gasteiger charge is 2.44. The van der Waals surface area contributed by atoms with E-state index in [-0.39, 0.29) is 29.8 Å². The summed E-state index contributed by atoms with van der Waals surface area (Å²) in [5, 5.41) is 13.2. The standard InChI is InChI=1S/C24H20F2N8O3/c1-2-20(35)34-12-15(10-24(25,26)13-34)23-31-21(33-37-23)14-6-7-19(27-11-14)30-22(36)18-5-3-4-16(29-18)17-8-9-28-32-17/h2-9,11,15H,1,10,12-13H2,(H,28,32)(H,27,30,36). The number of hydrogen-bond acceptors (Lipinski definition) is 8. The van der Waals surface area contributed by atoms with Crippen LogP contribution in [0.15, 0.2) is 66.0 Å². The van der Waals surface area contributed by atoms with Crippen LogP contribution >= 0.6 is 0 Å². The average molecular weight is 506 g/mol. The van der Waals surface area contributed by atoms with Crippen LogP contribution in [0.2, 0.25) is 0 Å². The van der Waals surface area contributed by atoms with Gasteiger partial charge < -0.3 is 14.7 Å². The number of rotatable bonds is 6. The van der Waals surface area contributed by atoms with Gasteiger partial charge in [0.2, 0.25) is 17.6 Å². The molecule has 1 fully saturated rings. The van der Waals surface area contributed by atoms with Gasteiger partial charge in [0.05, 0.1) is 23.9 Å². The third-order valence-electron chi connectivity index (χ3n) is 5.71. The molecule has 13 heteroatoms. The van der Waals surface area contributed by atoms with Crippen LogP contribution in [0.4, 0.5) is 14.6 Å². The Kier molecular flexibility index (Phi) is 6.26. The van der Waals surface area contributed by atoms with E-state index in [1.165, 1.54) is 6.20 Å². The normalized spacial score (nSPS) is 16.8. The molecule has 2 N–H and O–H groups in total. The first-order valence-corrected chi connectivity index (χ1v) is 11.2. The van der Waals surface area contributed by atoms with Gasteiger partial charge in [0, 0.05) is 30.9 Å². The minimum atomic E-state index is -3.09. The molecule has 0 saturated carbocycles. The second-order valence-corrected chi connectivity index (χ2v) is 8.40. The molecule has 0 spiro atoms. The lowest BCUT2D eigenvalue weighted by molar-refractivity contribution is -0.138. The molecule has 2 amide bonds. The van der Waals surface area contributed by atoms with Gasteiger partial charge in [-0.25, -0.2) is 18.7 Å². The Balaban J connectivity index is 1.27. The molecule has 0 bridgehead atoms. The number of hydrogen-bond donors (Lipinski definition) is 2. The number of amides is 2. The average Bonchev–Trinajstić information content (AvgIpc) is 3.61. The molecule has 0 radical (unpaired) electrons. The SMILES string of the molecule is C=CC(=O)N1CC(c2nc(-c3ccc(NC(=O)c4cccc(-c5ccn[nH]5)n4)nc3)no2)CC(F)(F)C1. The number of nitrogens with one attached hydrogen (secondary N) is 2. The number of piperidine rings is 1. The van der Waals surface area contributed by atoms with E-state index < -0.39 is 36.6 Å². The summed E-state index contributed by atoms with van der Waals surface area (Å²) in [5.74, 6) is -4.57. The largest absolute Gasteiger partial charge is 0.339 e. The van der Waals surface area contributed by atoms with E-state index >= 15 is 0 Å². The van der Waals surface area contributed by atoms with E-state index in [1.807, 2.05) is 0 Å². The summed E-state index contributed by atoms with van der Waals surface area (Å²) < 4.78 is 33.7. The number of H-pyrrole nitrogens is 1. The van der Waals surface area contributed by atoms with Crippen LogP contribution in [0.5, 0.6) is 0 Å². The summed E-state index contributed by atoms with van der Waals surface area (Å²) in [6.07, 6.45) is 3.48. The molecule has 1 aliphatic heterocycles. The number of aromatic nitrogens is 6. The van der Waals surface area contributed by atoms with Crippen LogP contribution in [0.1, 0.15) is 28.7 Å². The fourth-order valence-electron chi connectivity index (χ4n) is 3.97. The van der Waals surface area contributed by atoms with Crippen LogP contribution in [-0.2, 0) is 4.79 Å². The Morgan fingerprint density at radius 1 is 1.22 bits per heavy atom. The number of likely N-dealkylation sites (tertiary alicyclic amines) is 1. The summed E-state index contributed by atoms with van der Waals surface area (Å²) in [6.45, 7) is 2.68. The number of nitrogens with zero attached hydrogens (tertiary/aromatic N) is 6. The molecule has 0 aliphatic carbocycles. The van der Waals surface area contributed by atoms with Crippen LogP contribution < -0.4 is 5.32 Å². The highest BCUT2D eigenvalue weighted by Crippen LogP contribution is 2.36. The van der Waals surface area contributed by atoms with E-state index in [2.05, 4.69) is 42.2 Å². The zero-order valence-corrected chi connectivity index (χ0v) is 19.3. The fourth-order valence-corrected chi connectivity index (χ4v) is 3.97. The highest BCUT2D eigenvalue weighted by molar-refractivity contribution is 6.02. The minimum Gasteiger partial charge on any atom is -0.339 e. The van der Waals surface area contributed by atoms with Crippen LogP contribution in [0.25, 0.3) is 22.8 Å². The van der Waals surface area contributed by atoms with Crippen LogP contribution in [-0.4, -0.2) is 66.0 Å². The minimum absolute atomic E-state index is 0.00293. The van der Waals surface area contributed by atoms with E-state index in [4.69, 9.17) is 4.52 Å². The van der Waals surface area contributed by atoms with Crippen molar-refractivity contribution in [3.8, 4) is 22.8 Å². The molecule has 5 heterocycles. The maximum atomic E-state index is 14.2. The lowest BCUT2D eigenvalue weighted by atomic mass is 9.95. The van der Waals surface area contributed by atoms with E-state index in [0.29, 0.717) is 17.0 Å². The van der Waals surface area contributed by atoms with Gasteiger partial charge in [-0.15, -0.1) is 0 Å². The molecule has 4 aromatic heterocycles. The van der Waals surface area contributed by atoms with Crippen molar-refractivity contribution in [2.24, 2.45) is 0 Å². The van der Waals surface area contributed by atoms with Crippen molar-refractivity contribution in [1.82, 2.24) is 35.2 Å². The monoisotopic (exact) mass is 506 g/mol. The molecule has 1 unspecified atom stereocenters. The van der Waals surface area contributed by atoms with Gasteiger partial charge in [0.25, 0.3) is 11.8 Å². The first-order valence-electron chi connectivity index (χ1n) is 11.2. The topological polar surface area (TPSA) is 143 Å². The van der Waals surface area contributed by atoms with E-state index in [1.54, 1.807) is 42.6 Å². The van der Waals surface area contributed by atoms with Gasteiger partial charge in [-0.2, -0.15) is 10.1 Å². The van der Waals surface area contributed by atoms with Crippen molar-refractivity contribution in [1.29, 1.82) is 0 Å². The van der Waals surface area contributed by atoms with Crippen molar-refractivity contribution < 1.29 is 22.9 Å². The zero-order chi connectivity index (χ0) is 26.0. The van der Waals surface area contributed by atoms with Crippen molar-refractivity contribution in [2.75, 3.05) is 18.4 Å². The van der Waals surface area contributed by atoms with Crippen molar-refractivity contribution >= 4 is 17.6 Å². The third kappa shape index (κ3) is 5.24. The van der Waals surface area contributed by atoms with Crippen molar-refractivity contribution in [2.45, 2.75) is 18.3 Å². The molecule has 37 heavy (non-hydrogen) atoms. The summed E-state index contributed by atoms with van der Waals surface area (Å²) in [6, 6.07) is 9.92. The summed E-state index contributed by atoms with van der Waals surface area (Å²) in [4.78, 5) is 38.3. The Morgan fingerprint density at radius 2 is 2.08 bits per heavy atom. The number of anilines is 1. The quantitative estimate of drug-likeness (QED) is 0.379. The predicted molar refractivity (Wildman–Crippen MR) is 126 cm³/mol. The molecule has 11 nitrogen and oxygen atoms in total. The Bertz CT molecular complexity index is 1440. The fraction of sp³-hybridized carbons (Fsp3) is 0.208. The second-order valence-electron chi connectivity index (χ2n) is 8.40. The lowest BCUT2D eigenvalue weighted by Crippen LogP contribution is -2.48. The lowest BCUT2D eigenvalue weighted by Gasteiger charge is -2.35. The smallest absolute Gasteiger partial charge is 0.275 e. The van der Waals surface area contributed by atoms with Gasteiger partial charge in [0.1, 0.15) is 11.5 Å². The Hall–Kier alpha value is -4.81. The number of carbonyl (C=O) groups is 2. The number of carbonyl (C=O) groups excluding carboxylic acids is 2. The molecular weight excluding hydrogens is 486 g/mol. The zero-order valence-electron chi connectivity index (χ0n) is 19.3. The highest BCUT2D eigenvalue weighted by atomic mass is 19.3. The Labute approximate surface area is 208 Å². The molecule has 1 aliphatic rings. The first-order chi connectivity index (χ1) is 17.8. The molecular formula is C24H20F2N8O3. The molecule has 5 rings (SSSR count). The molecule has 188 valence electrons. The number of pyridine rings is 2. The Morgan fingerprint density at radius 3 is 2.81 bits per heavy atom.